The topological polar surface area (TPSA) is 118 Å². The van der Waals surface area contributed by atoms with Crippen LogP contribution in [0.4, 0.5) is 5.69 Å². The lowest BCUT2D eigenvalue weighted by atomic mass is 9.68. The molecule has 1 saturated carbocycles. The van der Waals surface area contributed by atoms with Crippen molar-refractivity contribution in [2.75, 3.05) is 70.0 Å². The highest BCUT2D eigenvalue weighted by atomic mass is 35.5. The number of rotatable bonds is 5. The summed E-state index contributed by atoms with van der Waals surface area (Å²) in [4.78, 5) is 31.3. The van der Waals surface area contributed by atoms with Crippen molar-refractivity contribution >= 4 is 38.8 Å². The quantitative estimate of drug-likeness (QED) is 0.412. The monoisotopic (exact) mass is 739 g/mol. The highest BCUT2D eigenvalue weighted by Crippen LogP contribution is 2.47. The molecule has 2 amide bonds. The van der Waals surface area contributed by atoms with E-state index >= 15 is 0 Å². The van der Waals surface area contributed by atoms with Gasteiger partial charge in [0.25, 0.3) is 5.91 Å². The number of allylic oxidation sites excluding steroid dienone is 1. The Kier molecular flexibility index (Phi) is 10.3. The standard InChI is InChI=1S/C39H50ClN3O7S/c1-26-6-4-8-34(48-2)31-12-9-29(31)18-42-21-38(15-5-7-27-16-30(40)11-13-32(27)38)25-50-35-14-10-28(17-33(35)42)37(46)41-51(47,19-26)20-36(45)43-22-39(23-43,24-44)49-3/h4,8,10-11,13-14,16-17,26,29,31,34,44H,5-7,9,12,15,18-25H2,1-3H3/b8-4+/t26-,29-,31+,34-,38-,51+/m0/s1. The van der Waals surface area contributed by atoms with E-state index in [1.54, 1.807) is 13.2 Å². The Labute approximate surface area is 306 Å². The van der Waals surface area contributed by atoms with E-state index in [4.69, 9.17) is 25.8 Å². The Balaban J connectivity index is 1.27. The first-order valence-corrected chi connectivity index (χ1v) is 20.4. The second kappa shape index (κ2) is 14.5. The SMILES string of the molecule is CO[C@H]1/C=C/C[C@H](C)C[S@@](=O)(CC(=O)N2CC(CO)(OC)C2)=NC(=O)c2ccc3c(c2)N(C[C@@H]2CC[C@H]21)C[C@@]1(CCCc2cc(Cl)ccc21)CO3. The van der Waals surface area contributed by atoms with Gasteiger partial charge in [-0.05, 0) is 97.7 Å². The molecule has 2 aromatic carbocycles. The van der Waals surface area contributed by atoms with Crippen LogP contribution >= 0.6 is 11.6 Å². The van der Waals surface area contributed by atoms with E-state index < -0.39 is 21.2 Å². The van der Waals surface area contributed by atoms with Gasteiger partial charge in [0.05, 0.1) is 47.8 Å². The summed E-state index contributed by atoms with van der Waals surface area (Å²) < 4.78 is 37.1. The van der Waals surface area contributed by atoms with Crippen molar-refractivity contribution in [2.45, 2.75) is 62.6 Å². The number of nitrogens with zero attached hydrogens (tertiary/aromatic N) is 3. The molecule has 7 rings (SSSR count). The second-order valence-corrected chi connectivity index (χ2v) is 18.3. The molecule has 10 nitrogen and oxygen atoms in total. The number of ether oxygens (including phenoxy) is 3. The molecular weight excluding hydrogens is 690 g/mol. The van der Waals surface area contributed by atoms with Gasteiger partial charge >= 0.3 is 0 Å². The van der Waals surface area contributed by atoms with E-state index in [-0.39, 0.29) is 54.5 Å². The molecule has 12 heteroatoms. The number of halogens is 1. The summed E-state index contributed by atoms with van der Waals surface area (Å²) in [5.41, 5.74) is 2.61. The maximum atomic E-state index is 14.6. The number of benzene rings is 2. The van der Waals surface area contributed by atoms with Crippen molar-refractivity contribution < 1.29 is 33.1 Å². The smallest absolute Gasteiger partial charge is 0.285 e. The first-order chi connectivity index (χ1) is 24.5. The predicted octanol–water partition coefficient (Wildman–Crippen LogP) is 5.28. The van der Waals surface area contributed by atoms with Crippen LogP contribution in [0.2, 0.25) is 5.02 Å². The van der Waals surface area contributed by atoms with Crippen LogP contribution in [-0.4, -0.2) is 103 Å². The summed E-state index contributed by atoms with van der Waals surface area (Å²) >= 11 is 6.45. The number of hydrogen-bond donors (Lipinski definition) is 1. The lowest BCUT2D eigenvalue weighted by Gasteiger charge is -2.47. The van der Waals surface area contributed by atoms with Crippen molar-refractivity contribution in [1.82, 2.24) is 4.90 Å². The summed E-state index contributed by atoms with van der Waals surface area (Å²) in [6.07, 6.45) is 9.91. The Hall–Kier alpha value is -2.96. The molecule has 1 saturated heterocycles. The largest absolute Gasteiger partial charge is 0.490 e. The number of likely N-dealkylation sites (tertiary alicyclic amines) is 1. The van der Waals surface area contributed by atoms with Crippen LogP contribution in [0.15, 0.2) is 52.9 Å². The molecular formula is C39H50ClN3O7S. The van der Waals surface area contributed by atoms with Crippen LogP contribution in [0.1, 0.15) is 60.5 Å². The van der Waals surface area contributed by atoms with E-state index in [1.165, 1.54) is 23.1 Å². The van der Waals surface area contributed by atoms with Gasteiger partial charge < -0.3 is 29.1 Å². The molecule has 0 radical (unpaired) electrons. The summed E-state index contributed by atoms with van der Waals surface area (Å²) in [5, 5.41) is 10.5. The van der Waals surface area contributed by atoms with E-state index in [0.29, 0.717) is 36.2 Å². The minimum Gasteiger partial charge on any atom is -0.490 e. The number of carbonyl (C=O) groups excluding carboxylic acids is 2. The van der Waals surface area contributed by atoms with Crippen LogP contribution in [0.5, 0.6) is 5.75 Å². The Bertz CT molecular complexity index is 1810. The van der Waals surface area contributed by atoms with Crippen LogP contribution in [0.3, 0.4) is 0 Å². The molecule has 2 aliphatic carbocycles. The molecule has 0 unspecified atom stereocenters. The maximum Gasteiger partial charge on any atom is 0.285 e. The number of aryl methyl sites for hydroxylation is 1. The number of methoxy groups -OCH3 is 2. The Morgan fingerprint density at radius 1 is 1.16 bits per heavy atom. The summed E-state index contributed by atoms with van der Waals surface area (Å²) in [5.74, 6) is 0.0680. The van der Waals surface area contributed by atoms with E-state index in [9.17, 15) is 18.9 Å². The highest BCUT2D eigenvalue weighted by Gasteiger charge is 2.46. The van der Waals surface area contributed by atoms with Crippen molar-refractivity contribution in [1.29, 1.82) is 0 Å². The molecule has 276 valence electrons. The predicted molar refractivity (Wildman–Crippen MR) is 198 cm³/mol. The lowest BCUT2D eigenvalue weighted by molar-refractivity contribution is -0.168. The number of amides is 2. The van der Waals surface area contributed by atoms with Gasteiger partial charge in [-0.2, -0.15) is 4.36 Å². The third-order valence-corrected chi connectivity index (χ3v) is 14.5. The number of anilines is 1. The summed E-state index contributed by atoms with van der Waals surface area (Å²) in [6.45, 7) is 4.15. The van der Waals surface area contributed by atoms with E-state index in [2.05, 4.69) is 33.5 Å². The second-order valence-electron chi connectivity index (χ2n) is 15.5. The number of fused-ring (bicyclic) bond motifs is 4. The van der Waals surface area contributed by atoms with Gasteiger partial charge in [-0.3, -0.25) is 9.59 Å². The van der Waals surface area contributed by atoms with Gasteiger partial charge in [0, 0.05) is 49.1 Å². The molecule has 51 heavy (non-hydrogen) atoms. The number of carbonyl (C=O) groups is 2. The number of aliphatic hydroxyl groups is 1. The molecule has 5 aliphatic rings. The third kappa shape index (κ3) is 7.21. The molecule has 6 atom stereocenters. The van der Waals surface area contributed by atoms with Gasteiger partial charge in [0.1, 0.15) is 17.1 Å². The van der Waals surface area contributed by atoms with Gasteiger partial charge in [0.2, 0.25) is 5.91 Å². The molecule has 1 spiro atoms. The Morgan fingerprint density at radius 2 is 1.98 bits per heavy atom. The van der Waals surface area contributed by atoms with Crippen LogP contribution < -0.4 is 9.64 Å². The van der Waals surface area contributed by atoms with Crippen LogP contribution in [0.25, 0.3) is 0 Å². The fraction of sp³-hybridized carbons (Fsp3) is 0.590. The molecule has 0 aromatic heterocycles. The molecule has 2 aromatic rings. The van der Waals surface area contributed by atoms with Gasteiger partial charge in [-0.15, -0.1) is 0 Å². The molecule has 1 N–H and O–H groups in total. The minimum atomic E-state index is -3.30. The van der Waals surface area contributed by atoms with Gasteiger partial charge in [-0.1, -0.05) is 36.7 Å². The molecule has 3 heterocycles. The first kappa shape index (κ1) is 36.4. The van der Waals surface area contributed by atoms with Gasteiger partial charge in [0.15, 0.2) is 0 Å². The average molecular weight is 740 g/mol. The highest BCUT2D eigenvalue weighted by molar-refractivity contribution is 7.94. The van der Waals surface area contributed by atoms with Crippen LogP contribution in [0, 0.1) is 17.8 Å². The van der Waals surface area contributed by atoms with E-state index in [1.807, 2.05) is 25.1 Å². The normalized spacial score (nSPS) is 32.3. The molecule has 3 aliphatic heterocycles. The van der Waals surface area contributed by atoms with Crippen LogP contribution in [-0.2, 0) is 35.8 Å². The Morgan fingerprint density at radius 3 is 2.71 bits per heavy atom. The summed E-state index contributed by atoms with van der Waals surface area (Å²) in [6, 6.07) is 11.6. The van der Waals surface area contributed by atoms with Gasteiger partial charge in [-0.25, -0.2) is 4.21 Å². The molecule has 2 bridgehead atoms. The van der Waals surface area contributed by atoms with Crippen molar-refractivity contribution in [3.63, 3.8) is 0 Å². The first-order valence-electron chi connectivity index (χ1n) is 18.2. The summed E-state index contributed by atoms with van der Waals surface area (Å²) in [7, 11) is -0.0406. The van der Waals surface area contributed by atoms with Crippen molar-refractivity contribution in [2.24, 2.45) is 22.1 Å². The van der Waals surface area contributed by atoms with Crippen molar-refractivity contribution in [3.8, 4) is 5.75 Å². The molecule has 2 fully saturated rings. The average Bonchev–Trinajstić information content (AvgIpc) is 3.22. The van der Waals surface area contributed by atoms with E-state index in [0.717, 1.165) is 55.9 Å². The fourth-order valence-electron chi connectivity index (χ4n) is 8.87. The lowest BCUT2D eigenvalue weighted by Crippen LogP contribution is -2.67. The van der Waals surface area contributed by atoms with Crippen molar-refractivity contribution in [3.05, 3.63) is 70.3 Å². The number of aliphatic hydroxyl groups excluding tert-OH is 1. The third-order valence-electron chi connectivity index (χ3n) is 11.9. The zero-order valence-corrected chi connectivity index (χ0v) is 31.4. The zero-order chi connectivity index (χ0) is 36.0. The minimum absolute atomic E-state index is 0.0550. The fourth-order valence-corrected chi connectivity index (χ4v) is 11.3. The zero-order valence-electron chi connectivity index (χ0n) is 29.9. The number of hydrogen-bond acceptors (Lipinski definition) is 8. The maximum absolute atomic E-state index is 14.6.